The molecule has 2 saturated carbocycles. The Morgan fingerprint density at radius 1 is 0.983 bits per heavy atom. The summed E-state index contributed by atoms with van der Waals surface area (Å²) in [5, 5.41) is 27.2. The van der Waals surface area contributed by atoms with Gasteiger partial charge in [-0.3, -0.25) is 28.7 Å². The van der Waals surface area contributed by atoms with Gasteiger partial charge in [-0.2, -0.15) is 31.4 Å². The molecule has 14 nitrogen and oxygen atoms in total. The second kappa shape index (κ2) is 17.9. The van der Waals surface area contributed by atoms with E-state index in [0.717, 1.165) is 37.8 Å². The van der Waals surface area contributed by atoms with E-state index in [2.05, 4.69) is 22.7 Å². The van der Waals surface area contributed by atoms with Gasteiger partial charge in [-0.25, -0.2) is 0 Å². The van der Waals surface area contributed by atoms with E-state index in [4.69, 9.17) is 9.84 Å². The highest BCUT2D eigenvalue weighted by molar-refractivity contribution is 5.94. The van der Waals surface area contributed by atoms with E-state index in [0.29, 0.717) is 43.7 Å². The Bertz CT molecular complexity index is 1820. The number of benzene rings is 1. The lowest BCUT2D eigenvalue weighted by molar-refractivity contribution is -0.204. The molecule has 59 heavy (non-hydrogen) atoms. The Balaban J connectivity index is 0.000000243. The Morgan fingerprint density at radius 3 is 2.17 bits per heavy atom. The van der Waals surface area contributed by atoms with Crippen molar-refractivity contribution in [3.8, 4) is 0 Å². The number of halogens is 6. The maximum absolute atomic E-state index is 13.2. The van der Waals surface area contributed by atoms with Crippen LogP contribution in [0.3, 0.4) is 0 Å². The Labute approximate surface area is 336 Å². The maximum Gasteiger partial charge on any atom is 0.416 e. The van der Waals surface area contributed by atoms with Gasteiger partial charge >= 0.3 is 18.3 Å². The SMILES string of the molecule is CC(OCC1(C)CCC(O)CC1)C(NC=O)C(=O)NCCC(=O)O.O=C(c1cnn(Cc2ccc(C(F)(F)F)cc2)c1)N1CCC2(C1)CN(C(=O)C1(C(F)(F)F)CC1)C2. The minimum atomic E-state index is -4.54. The first-order chi connectivity index (χ1) is 27.6. The van der Waals surface area contributed by atoms with E-state index >= 15 is 0 Å². The Hall–Kier alpha value is -4.72. The second-order valence-electron chi connectivity index (χ2n) is 16.6. The van der Waals surface area contributed by atoms with Crippen molar-refractivity contribution < 1.29 is 65.3 Å². The van der Waals surface area contributed by atoms with Gasteiger partial charge in [-0.1, -0.05) is 19.1 Å². The minimum absolute atomic E-state index is 0.00642. The number of amides is 4. The van der Waals surface area contributed by atoms with Gasteiger partial charge in [0.05, 0.1) is 49.1 Å². The van der Waals surface area contributed by atoms with Gasteiger partial charge in [0, 0.05) is 44.3 Å². The lowest BCUT2D eigenvalue weighted by atomic mass is 9.75. The van der Waals surface area contributed by atoms with Crippen molar-refractivity contribution in [2.75, 3.05) is 39.3 Å². The van der Waals surface area contributed by atoms with Gasteiger partial charge in [0.15, 0.2) is 0 Å². The van der Waals surface area contributed by atoms with Crippen LogP contribution < -0.4 is 10.6 Å². The molecule has 4 amide bonds. The van der Waals surface area contributed by atoms with E-state index in [1.165, 1.54) is 34.1 Å². The Kier molecular flexibility index (Phi) is 13.7. The summed E-state index contributed by atoms with van der Waals surface area (Å²) in [6.45, 7) is 5.58. The number of alkyl halides is 6. The molecule has 3 heterocycles. The second-order valence-corrected chi connectivity index (χ2v) is 16.6. The van der Waals surface area contributed by atoms with E-state index in [9.17, 15) is 55.4 Å². The molecule has 2 saturated heterocycles. The van der Waals surface area contributed by atoms with E-state index in [1.54, 1.807) is 11.8 Å². The molecule has 4 aliphatic rings. The number of aliphatic hydroxyl groups excluding tert-OH is 1. The fraction of sp³-hybridized carbons (Fsp3) is 0.641. The topological polar surface area (TPSA) is 183 Å². The van der Waals surface area contributed by atoms with Crippen LogP contribution in [0.15, 0.2) is 36.7 Å². The van der Waals surface area contributed by atoms with Crippen LogP contribution in [-0.4, -0.2) is 124 Å². The third-order valence-corrected chi connectivity index (χ3v) is 11.8. The van der Waals surface area contributed by atoms with Gasteiger partial charge < -0.3 is 35.4 Å². The number of hydrogen-bond donors (Lipinski definition) is 4. The van der Waals surface area contributed by atoms with Crippen molar-refractivity contribution in [3.63, 3.8) is 0 Å². The number of nitrogens with zero attached hydrogens (tertiary/aromatic N) is 4. The zero-order valence-electron chi connectivity index (χ0n) is 32.8. The molecule has 4 N–H and O–H groups in total. The molecule has 1 aromatic heterocycles. The first-order valence-electron chi connectivity index (χ1n) is 19.4. The highest BCUT2D eigenvalue weighted by Crippen LogP contribution is 2.60. The molecule has 2 unspecified atom stereocenters. The summed E-state index contributed by atoms with van der Waals surface area (Å²) in [7, 11) is 0. The van der Waals surface area contributed by atoms with Gasteiger partial charge in [-0.15, -0.1) is 0 Å². The zero-order chi connectivity index (χ0) is 43.4. The number of aromatic nitrogens is 2. The lowest BCUT2D eigenvalue weighted by Gasteiger charge is -2.49. The van der Waals surface area contributed by atoms with Gasteiger partial charge in [-0.05, 0) is 75.0 Å². The lowest BCUT2D eigenvalue weighted by Crippen LogP contribution is -2.62. The molecule has 1 spiro atoms. The quantitative estimate of drug-likeness (QED) is 0.161. The number of ether oxygens (including phenoxy) is 1. The van der Waals surface area contributed by atoms with Crippen molar-refractivity contribution in [2.45, 2.75) is 102 Å². The number of nitrogens with one attached hydrogen (secondary N) is 2. The smallest absolute Gasteiger partial charge is 0.416 e. The van der Waals surface area contributed by atoms with Crippen molar-refractivity contribution in [2.24, 2.45) is 16.2 Å². The van der Waals surface area contributed by atoms with Crippen molar-refractivity contribution in [1.82, 2.24) is 30.2 Å². The first-order valence-corrected chi connectivity index (χ1v) is 19.4. The number of rotatable bonds is 14. The molecular weight excluding hydrogens is 794 g/mol. The highest BCUT2D eigenvalue weighted by Gasteiger charge is 2.70. The van der Waals surface area contributed by atoms with Gasteiger partial charge in [0.1, 0.15) is 11.5 Å². The average molecular weight is 845 g/mol. The van der Waals surface area contributed by atoms with Crippen LogP contribution in [0.1, 0.15) is 86.7 Å². The number of hydrogen-bond acceptors (Lipinski definition) is 8. The van der Waals surface area contributed by atoms with Crippen LogP contribution in [0.5, 0.6) is 0 Å². The van der Waals surface area contributed by atoms with Crippen LogP contribution >= 0.6 is 0 Å². The number of carboxylic acid groups (broad SMARTS) is 1. The zero-order valence-corrected chi connectivity index (χ0v) is 32.8. The van der Waals surface area contributed by atoms with Crippen molar-refractivity contribution in [3.05, 3.63) is 53.3 Å². The number of aliphatic hydroxyl groups is 1. The van der Waals surface area contributed by atoms with Crippen LogP contribution in [-0.2, 0) is 36.6 Å². The summed E-state index contributed by atoms with van der Waals surface area (Å²) in [6.07, 6.45) is -3.19. The molecule has 2 atom stereocenters. The summed E-state index contributed by atoms with van der Waals surface area (Å²) >= 11 is 0. The first kappa shape index (κ1) is 45.4. The largest absolute Gasteiger partial charge is 0.481 e. The number of carboxylic acids is 1. The molecule has 4 fully saturated rings. The van der Waals surface area contributed by atoms with Crippen molar-refractivity contribution in [1.29, 1.82) is 0 Å². The number of aliphatic carboxylic acids is 1. The van der Waals surface area contributed by atoms with E-state index < -0.39 is 53.3 Å². The van der Waals surface area contributed by atoms with Gasteiger partial charge in [0.25, 0.3) is 5.91 Å². The average Bonchev–Trinajstić information content (AvgIpc) is 3.67. The fourth-order valence-electron chi connectivity index (χ4n) is 7.82. The number of carbonyl (C=O) groups is 5. The van der Waals surface area contributed by atoms with E-state index in [1.807, 2.05) is 0 Å². The molecular formula is C39H50F6N6O8. The van der Waals surface area contributed by atoms with Crippen LogP contribution in [0.4, 0.5) is 26.3 Å². The summed E-state index contributed by atoms with van der Waals surface area (Å²) < 4.78 is 85.1. The van der Waals surface area contributed by atoms with Crippen LogP contribution in [0, 0.1) is 16.2 Å². The highest BCUT2D eigenvalue weighted by atomic mass is 19.4. The monoisotopic (exact) mass is 844 g/mol. The van der Waals surface area contributed by atoms with Gasteiger partial charge in [0.2, 0.25) is 18.2 Å². The number of carbonyl (C=O) groups excluding carboxylic acids is 4. The predicted octanol–water partition coefficient (Wildman–Crippen LogP) is 4.01. The molecule has 0 bridgehead atoms. The molecule has 2 aliphatic carbocycles. The van der Waals surface area contributed by atoms with E-state index in [-0.39, 0.29) is 68.3 Å². The molecule has 2 aromatic rings. The molecule has 1 aromatic carbocycles. The Morgan fingerprint density at radius 2 is 1.61 bits per heavy atom. The minimum Gasteiger partial charge on any atom is -0.481 e. The fourth-order valence-corrected chi connectivity index (χ4v) is 7.82. The summed E-state index contributed by atoms with van der Waals surface area (Å²) in [6, 6.07) is 3.80. The summed E-state index contributed by atoms with van der Waals surface area (Å²) in [5.41, 5.74) is -2.50. The molecule has 326 valence electrons. The van der Waals surface area contributed by atoms with Crippen LogP contribution in [0.25, 0.3) is 0 Å². The summed E-state index contributed by atoms with van der Waals surface area (Å²) in [5.74, 6) is -2.61. The maximum atomic E-state index is 13.2. The van der Waals surface area contributed by atoms with Crippen molar-refractivity contribution >= 4 is 30.1 Å². The molecule has 0 radical (unpaired) electrons. The molecule has 2 aliphatic heterocycles. The summed E-state index contributed by atoms with van der Waals surface area (Å²) in [4.78, 5) is 61.5. The number of likely N-dealkylation sites (tertiary alicyclic amines) is 2. The third-order valence-electron chi connectivity index (χ3n) is 11.8. The molecule has 6 rings (SSSR count). The standard InChI is InChI=1S/C23H22F6N4O2.C16H28N2O6/c24-22(25,26)17-3-1-15(2-4-17)10-33-11-16(9-30-33)18(34)31-8-7-20(12-31)13-32(14-20)19(35)21(5-6-21)23(27,28)29;1-11(24-9-16(2)6-3-12(20)4-7-16)14(18-10-19)15(23)17-8-5-13(21)22/h1-4,9,11H,5-8,10,12-14H2;10-12,14,20H,3-9H2,1-2H3,(H,17,23)(H,18,19)(H,21,22). The third kappa shape index (κ3) is 11.1. The normalized spacial score (nSPS) is 23.0. The van der Waals surface area contributed by atoms with Crippen LogP contribution in [0.2, 0.25) is 0 Å². The molecule has 20 heteroatoms. The predicted molar refractivity (Wildman–Crippen MR) is 196 cm³/mol.